The van der Waals surface area contributed by atoms with E-state index in [-0.39, 0.29) is 17.6 Å². The van der Waals surface area contributed by atoms with Crippen molar-refractivity contribution in [3.8, 4) is 0 Å². The normalized spacial score (nSPS) is 16.3. The zero-order chi connectivity index (χ0) is 24.5. The minimum Gasteiger partial charge on any atom is -0.254 e. The topological polar surface area (TPSA) is 61.8 Å². The van der Waals surface area contributed by atoms with Gasteiger partial charge in [0, 0.05) is 10.9 Å². The van der Waals surface area contributed by atoms with Crippen LogP contribution in [0.25, 0.3) is 0 Å². The molecule has 5 nitrogen and oxygen atoms in total. The van der Waals surface area contributed by atoms with Gasteiger partial charge in [0.25, 0.3) is 10.0 Å². The van der Waals surface area contributed by atoms with Crippen LogP contribution in [0.15, 0.2) is 88.9 Å². The maximum atomic E-state index is 13.4. The highest BCUT2D eigenvalue weighted by Gasteiger charge is 2.38. The van der Waals surface area contributed by atoms with Crippen LogP contribution in [0.4, 0.5) is 13.2 Å². The molecule has 0 spiro atoms. The van der Waals surface area contributed by atoms with Gasteiger partial charge in [-0.3, -0.25) is 4.72 Å². The van der Waals surface area contributed by atoms with Gasteiger partial charge in [0.1, 0.15) is 0 Å². The Morgan fingerprint density at radius 3 is 2.26 bits per heavy atom. The molecule has 1 aliphatic rings. The first kappa shape index (κ1) is 24.2. The molecule has 0 aliphatic carbocycles. The Bertz CT molecular complexity index is 1350. The van der Waals surface area contributed by atoms with Gasteiger partial charge in [-0.25, -0.2) is 13.4 Å². The van der Waals surface area contributed by atoms with Gasteiger partial charge in [-0.15, -0.1) is 0 Å². The maximum Gasteiger partial charge on any atom is 0.417 e. The number of hydrogen-bond donors (Lipinski definition) is 1. The Kier molecular flexibility index (Phi) is 6.66. The molecule has 1 heterocycles. The van der Waals surface area contributed by atoms with Crippen LogP contribution < -0.4 is 4.72 Å². The van der Waals surface area contributed by atoms with Crippen molar-refractivity contribution in [1.29, 1.82) is 0 Å². The van der Waals surface area contributed by atoms with Gasteiger partial charge in [0.15, 0.2) is 0 Å². The third-order valence-corrected chi connectivity index (χ3v) is 7.29. The van der Waals surface area contributed by atoms with Crippen LogP contribution in [0.3, 0.4) is 0 Å². The molecule has 0 aromatic heterocycles. The predicted molar refractivity (Wildman–Crippen MR) is 128 cm³/mol. The minimum atomic E-state index is -4.85. The summed E-state index contributed by atoms with van der Waals surface area (Å²) in [5, 5.41) is 5.99. The van der Waals surface area contributed by atoms with E-state index in [1.54, 1.807) is 24.3 Å². The van der Waals surface area contributed by atoms with Crippen LogP contribution in [0.1, 0.15) is 22.6 Å². The lowest BCUT2D eigenvalue weighted by Gasteiger charge is -2.19. The Hall–Kier alpha value is -2.95. The molecule has 3 aromatic rings. The standard InChI is InChI=1S/C23H17ClF3N3O2S2/c24-17-12-10-16(11-13-17)21-18(15-6-2-1-3-7-15)14-30(28-21)22(33)29-34(31,32)20-9-5-4-8-19(20)23(25,26)27/h1-13,18H,14H2,(H,29,33). The molecule has 1 N–H and O–H groups in total. The first-order valence-corrected chi connectivity index (χ1v) is 12.2. The molecule has 1 unspecified atom stereocenters. The first-order chi connectivity index (χ1) is 16.1. The number of rotatable bonds is 4. The molecule has 1 aliphatic heterocycles. The average molecular weight is 524 g/mol. The number of alkyl halides is 3. The zero-order valence-electron chi connectivity index (χ0n) is 17.3. The summed E-state index contributed by atoms with van der Waals surface area (Å²) in [6.07, 6.45) is -4.85. The van der Waals surface area contributed by atoms with E-state index in [1.165, 1.54) is 11.1 Å². The highest BCUT2D eigenvalue weighted by atomic mass is 35.5. The summed E-state index contributed by atoms with van der Waals surface area (Å²) >= 11 is 11.3. The Labute approximate surface area is 204 Å². The molecule has 0 saturated heterocycles. The fourth-order valence-electron chi connectivity index (χ4n) is 3.61. The van der Waals surface area contributed by atoms with Crippen molar-refractivity contribution >= 4 is 44.7 Å². The molecule has 11 heteroatoms. The average Bonchev–Trinajstić information content (AvgIpc) is 3.25. The predicted octanol–water partition coefficient (Wildman–Crippen LogP) is 5.43. The van der Waals surface area contributed by atoms with Gasteiger partial charge in [0.05, 0.1) is 22.7 Å². The number of nitrogens with one attached hydrogen (secondary N) is 1. The van der Waals surface area contributed by atoms with Crippen LogP contribution in [0, 0.1) is 0 Å². The molecule has 3 aromatic carbocycles. The molecule has 0 amide bonds. The molecule has 1 atom stereocenters. The van der Waals surface area contributed by atoms with E-state index in [9.17, 15) is 21.6 Å². The third kappa shape index (κ3) is 5.08. The Morgan fingerprint density at radius 2 is 1.62 bits per heavy atom. The van der Waals surface area contributed by atoms with Crippen LogP contribution >= 0.6 is 23.8 Å². The lowest BCUT2D eigenvalue weighted by Crippen LogP contribution is -2.40. The number of hydrogen-bond acceptors (Lipinski definition) is 4. The van der Waals surface area contributed by atoms with E-state index in [0.717, 1.165) is 23.3 Å². The monoisotopic (exact) mass is 523 g/mol. The van der Waals surface area contributed by atoms with Crippen LogP contribution in [-0.2, 0) is 16.2 Å². The second-order valence-electron chi connectivity index (χ2n) is 7.44. The molecule has 0 fully saturated rings. The Morgan fingerprint density at radius 1 is 1.00 bits per heavy atom. The summed E-state index contributed by atoms with van der Waals surface area (Å²) in [6.45, 7) is 0.199. The fourth-order valence-corrected chi connectivity index (χ4v) is 5.36. The number of hydrazone groups is 1. The number of halogens is 4. The van der Waals surface area contributed by atoms with Gasteiger partial charge >= 0.3 is 6.18 Å². The Balaban J connectivity index is 1.65. The van der Waals surface area contributed by atoms with Gasteiger partial charge < -0.3 is 0 Å². The van der Waals surface area contributed by atoms with E-state index >= 15 is 0 Å². The zero-order valence-corrected chi connectivity index (χ0v) is 19.7. The lowest BCUT2D eigenvalue weighted by molar-refractivity contribution is -0.139. The second kappa shape index (κ2) is 9.36. The summed E-state index contributed by atoms with van der Waals surface area (Å²) < 4.78 is 67.8. The summed E-state index contributed by atoms with van der Waals surface area (Å²) in [7, 11) is -4.62. The smallest absolute Gasteiger partial charge is 0.254 e. The van der Waals surface area contributed by atoms with Crippen molar-refractivity contribution < 1.29 is 21.6 Å². The third-order valence-electron chi connectivity index (χ3n) is 5.19. The van der Waals surface area contributed by atoms with Crippen LogP contribution in [-0.4, -0.2) is 30.8 Å². The van der Waals surface area contributed by atoms with Crippen molar-refractivity contribution in [2.45, 2.75) is 17.0 Å². The molecular weight excluding hydrogens is 507 g/mol. The number of thiocarbonyl (C=S) groups is 1. The SMILES string of the molecule is O=S(=O)(NC(=S)N1CC(c2ccccc2)C(c2ccc(Cl)cc2)=N1)c1ccccc1C(F)(F)F. The van der Waals surface area contributed by atoms with Crippen LogP contribution in [0.5, 0.6) is 0 Å². The van der Waals surface area contributed by atoms with E-state index < -0.39 is 26.7 Å². The second-order valence-corrected chi connectivity index (χ2v) is 9.92. The molecule has 34 heavy (non-hydrogen) atoms. The van der Waals surface area contributed by atoms with E-state index in [0.29, 0.717) is 16.8 Å². The summed E-state index contributed by atoms with van der Waals surface area (Å²) in [5.41, 5.74) is 1.03. The quantitative estimate of drug-likeness (QED) is 0.464. The van der Waals surface area contributed by atoms with Gasteiger partial charge in [0.2, 0.25) is 5.11 Å². The van der Waals surface area contributed by atoms with Crippen molar-refractivity contribution in [1.82, 2.24) is 9.73 Å². The number of sulfonamides is 1. The van der Waals surface area contributed by atoms with Crippen molar-refractivity contribution in [3.63, 3.8) is 0 Å². The van der Waals surface area contributed by atoms with E-state index in [2.05, 4.69) is 9.82 Å². The highest BCUT2D eigenvalue weighted by Crippen LogP contribution is 2.34. The van der Waals surface area contributed by atoms with E-state index in [4.69, 9.17) is 23.8 Å². The molecule has 4 rings (SSSR count). The molecule has 0 bridgehead atoms. The van der Waals surface area contributed by atoms with Gasteiger partial charge in [-0.2, -0.15) is 18.3 Å². The largest absolute Gasteiger partial charge is 0.417 e. The van der Waals surface area contributed by atoms with Crippen molar-refractivity contribution in [3.05, 3.63) is 101 Å². The van der Waals surface area contributed by atoms with Crippen molar-refractivity contribution in [2.75, 3.05) is 6.54 Å². The maximum absolute atomic E-state index is 13.4. The summed E-state index contributed by atoms with van der Waals surface area (Å²) in [5.74, 6) is -0.257. The van der Waals surface area contributed by atoms with E-state index in [1.807, 2.05) is 30.3 Å². The highest BCUT2D eigenvalue weighted by molar-refractivity contribution is 7.91. The number of benzene rings is 3. The van der Waals surface area contributed by atoms with Gasteiger partial charge in [-0.05, 0) is 47.6 Å². The molecule has 0 saturated carbocycles. The fraction of sp³-hybridized carbons (Fsp3) is 0.130. The minimum absolute atomic E-state index is 0.199. The first-order valence-electron chi connectivity index (χ1n) is 9.96. The summed E-state index contributed by atoms with van der Waals surface area (Å²) in [6, 6.07) is 20.3. The van der Waals surface area contributed by atoms with Crippen molar-refractivity contribution in [2.24, 2.45) is 5.10 Å². The molecular formula is C23H17ClF3N3O2S2. The molecule has 0 radical (unpaired) electrons. The lowest BCUT2D eigenvalue weighted by atomic mass is 9.91. The number of nitrogens with zero attached hydrogens (tertiary/aromatic N) is 2. The van der Waals surface area contributed by atoms with Crippen LogP contribution in [0.2, 0.25) is 5.02 Å². The summed E-state index contributed by atoms with van der Waals surface area (Å²) in [4.78, 5) is -0.912. The van der Waals surface area contributed by atoms with Gasteiger partial charge in [-0.1, -0.05) is 66.2 Å². The molecule has 176 valence electrons.